The Bertz CT molecular complexity index is 577. The molecule has 2 N–H and O–H groups in total. The van der Waals surface area contributed by atoms with Crippen molar-refractivity contribution in [3.8, 4) is 5.75 Å². The number of benzene rings is 1. The number of ether oxygens (including phenoxy) is 1. The van der Waals surface area contributed by atoms with E-state index >= 15 is 0 Å². The minimum atomic E-state index is 0. The molecule has 2 fully saturated rings. The van der Waals surface area contributed by atoms with E-state index in [0.29, 0.717) is 18.9 Å². The second-order valence-electron chi connectivity index (χ2n) is 7.56. The minimum absolute atomic E-state index is 0. The van der Waals surface area contributed by atoms with Crippen LogP contribution in [-0.4, -0.2) is 50.6 Å². The van der Waals surface area contributed by atoms with E-state index in [1.165, 1.54) is 31.2 Å². The van der Waals surface area contributed by atoms with Gasteiger partial charge in [0.2, 0.25) is 5.91 Å². The fourth-order valence-corrected chi connectivity index (χ4v) is 4.20. The number of hydrogen-bond donors (Lipinski definition) is 2. The third kappa shape index (κ3) is 7.11. The number of para-hydroxylation sites is 1. The summed E-state index contributed by atoms with van der Waals surface area (Å²) in [4.78, 5) is 14.9. The van der Waals surface area contributed by atoms with E-state index in [0.717, 1.165) is 38.3 Å². The zero-order chi connectivity index (χ0) is 18.2. The standard InChI is InChI=1S/C21H33N3O2.2ClH/c1-26-20-8-4-3-7-18(20)19(24-13-5-2-6-14-24)16-23-21(25)10-9-17-11-12-22-15-17;;/h3-4,7-8,17,19,22H,2,5-6,9-16H2,1H3,(H,23,25);2*1H. The molecule has 2 aliphatic heterocycles. The fourth-order valence-electron chi connectivity index (χ4n) is 4.20. The van der Waals surface area contributed by atoms with Crippen molar-refractivity contribution >= 4 is 30.7 Å². The fraction of sp³-hybridized carbons (Fsp3) is 0.667. The van der Waals surface area contributed by atoms with Gasteiger partial charge in [-0.2, -0.15) is 0 Å². The molecule has 0 radical (unpaired) electrons. The summed E-state index contributed by atoms with van der Waals surface area (Å²) >= 11 is 0. The monoisotopic (exact) mass is 431 g/mol. The number of nitrogens with one attached hydrogen (secondary N) is 2. The molecule has 28 heavy (non-hydrogen) atoms. The number of rotatable bonds is 8. The first kappa shape index (κ1) is 25.0. The number of piperidine rings is 1. The maximum atomic E-state index is 12.4. The largest absolute Gasteiger partial charge is 0.496 e. The third-order valence-electron chi connectivity index (χ3n) is 5.76. The zero-order valence-corrected chi connectivity index (χ0v) is 18.5. The van der Waals surface area contributed by atoms with Crippen LogP contribution in [0.1, 0.15) is 50.1 Å². The maximum absolute atomic E-state index is 12.4. The molecular weight excluding hydrogens is 397 g/mol. The lowest BCUT2D eigenvalue weighted by Crippen LogP contribution is -2.40. The third-order valence-corrected chi connectivity index (χ3v) is 5.76. The predicted octanol–water partition coefficient (Wildman–Crippen LogP) is 3.57. The van der Waals surface area contributed by atoms with Gasteiger partial charge in [-0.15, -0.1) is 24.8 Å². The highest BCUT2D eigenvalue weighted by molar-refractivity contribution is 5.85. The van der Waals surface area contributed by atoms with Crippen LogP contribution in [0.2, 0.25) is 0 Å². The second kappa shape index (κ2) is 13.3. The van der Waals surface area contributed by atoms with Crippen LogP contribution in [0.3, 0.4) is 0 Å². The lowest BCUT2D eigenvalue weighted by Gasteiger charge is -2.35. The molecule has 2 heterocycles. The number of methoxy groups -OCH3 is 1. The second-order valence-corrected chi connectivity index (χ2v) is 7.56. The van der Waals surface area contributed by atoms with Crippen LogP contribution in [-0.2, 0) is 4.79 Å². The van der Waals surface area contributed by atoms with Gasteiger partial charge in [-0.3, -0.25) is 9.69 Å². The van der Waals surface area contributed by atoms with E-state index in [-0.39, 0.29) is 36.8 Å². The van der Waals surface area contributed by atoms with E-state index < -0.39 is 0 Å². The van der Waals surface area contributed by atoms with Gasteiger partial charge in [0.1, 0.15) is 5.75 Å². The molecule has 2 aliphatic rings. The summed E-state index contributed by atoms with van der Waals surface area (Å²) in [7, 11) is 1.72. The summed E-state index contributed by atoms with van der Waals surface area (Å²) in [5.74, 6) is 1.75. The first-order chi connectivity index (χ1) is 12.8. The van der Waals surface area contributed by atoms with E-state index in [1.807, 2.05) is 12.1 Å². The smallest absolute Gasteiger partial charge is 0.220 e. The van der Waals surface area contributed by atoms with Gasteiger partial charge in [0.05, 0.1) is 13.2 Å². The molecule has 7 heteroatoms. The Labute approximate surface area is 181 Å². The lowest BCUT2D eigenvalue weighted by molar-refractivity contribution is -0.121. The van der Waals surface area contributed by atoms with Gasteiger partial charge >= 0.3 is 0 Å². The Balaban J connectivity index is 0.00000196. The molecule has 1 aromatic carbocycles. The Morgan fingerprint density at radius 3 is 2.68 bits per heavy atom. The Morgan fingerprint density at radius 1 is 1.25 bits per heavy atom. The summed E-state index contributed by atoms with van der Waals surface area (Å²) in [6.45, 7) is 4.99. The summed E-state index contributed by atoms with van der Waals surface area (Å²) in [5.41, 5.74) is 1.18. The van der Waals surface area contributed by atoms with Crippen molar-refractivity contribution in [3.63, 3.8) is 0 Å². The summed E-state index contributed by atoms with van der Waals surface area (Å²) in [5, 5.41) is 6.57. The van der Waals surface area contributed by atoms with E-state index in [4.69, 9.17) is 4.74 Å². The van der Waals surface area contributed by atoms with Crippen molar-refractivity contribution in [1.82, 2.24) is 15.5 Å². The number of amides is 1. The molecule has 0 spiro atoms. The average Bonchev–Trinajstić information content (AvgIpc) is 3.21. The molecule has 160 valence electrons. The minimum Gasteiger partial charge on any atom is -0.496 e. The number of carbonyl (C=O) groups is 1. The number of nitrogens with zero attached hydrogens (tertiary/aromatic N) is 1. The Kier molecular flexibility index (Phi) is 11.8. The maximum Gasteiger partial charge on any atom is 0.220 e. The highest BCUT2D eigenvalue weighted by Crippen LogP contribution is 2.31. The number of carbonyl (C=O) groups excluding carboxylic acids is 1. The van der Waals surface area contributed by atoms with Crippen molar-refractivity contribution < 1.29 is 9.53 Å². The van der Waals surface area contributed by atoms with Crippen LogP contribution in [0.5, 0.6) is 5.75 Å². The van der Waals surface area contributed by atoms with Crippen LogP contribution in [0.25, 0.3) is 0 Å². The zero-order valence-electron chi connectivity index (χ0n) is 16.8. The Morgan fingerprint density at radius 2 is 2.00 bits per heavy atom. The summed E-state index contributed by atoms with van der Waals surface area (Å²) < 4.78 is 5.59. The van der Waals surface area contributed by atoms with Gasteiger partial charge in [0.25, 0.3) is 0 Å². The first-order valence-electron chi connectivity index (χ1n) is 10.1. The molecule has 1 amide bonds. The molecule has 2 atom stereocenters. The normalized spacial score (nSPS) is 20.5. The van der Waals surface area contributed by atoms with Gasteiger partial charge in [-0.05, 0) is 63.8 Å². The van der Waals surface area contributed by atoms with Crippen LogP contribution >= 0.6 is 24.8 Å². The quantitative estimate of drug-likeness (QED) is 0.660. The molecule has 0 aromatic heterocycles. The van der Waals surface area contributed by atoms with Gasteiger partial charge in [0.15, 0.2) is 0 Å². The number of halogens is 2. The van der Waals surface area contributed by atoms with E-state index in [9.17, 15) is 4.79 Å². The molecule has 1 aromatic rings. The molecular formula is C21H35Cl2N3O2. The van der Waals surface area contributed by atoms with Gasteiger partial charge < -0.3 is 15.4 Å². The average molecular weight is 432 g/mol. The van der Waals surface area contributed by atoms with Crippen molar-refractivity contribution in [3.05, 3.63) is 29.8 Å². The molecule has 5 nitrogen and oxygen atoms in total. The van der Waals surface area contributed by atoms with Crippen LogP contribution in [0, 0.1) is 5.92 Å². The molecule has 2 unspecified atom stereocenters. The number of likely N-dealkylation sites (tertiary alicyclic amines) is 1. The highest BCUT2D eigenvalue weighted by Gasteiger charge is 2.25. The SMILES string of the molecule is COc1ccccc1C(CNC(=O)CCC1CCNC1)N1CCCCC1.Cl.Cl. The molecule has 3 rings (SSSR count). The van der Waals surface area contributed by atoms with Crippen molar-refractivity contribution in [2.24, 2.45) is 5.92 Å². The summed E-state index contributed by atoms with van der Waals surface area (Å²) in [6.07, 6.45) is 6.58. The molecule has 0 bridgehead atoms. The van der Waals surface area contributed by atoms with Crippen LogP contribution < -0.4 is 15.4 Å². The predicted molar refractivity (Wildman–Crippen MR) is 119 cm³/mol. The van der Waals surface area contributed by atoms with Crippen molar-refractivity contribution in [2.45, 2.75) is 44.6 Å². The van der Waals surface area contributed by atoms with Crippen LogP contribution in [0.15, 0.2) is 24.3 Å². The number of hydrogen-bond acceptors (Lipinski definition) is 4. The molecule has 0 saturated carbocycles. The van der Waals surface area contributed by atoms with Gasteiger partial charge in [0, 0.05) is 18.5 Å². The highest BCUT2D eigenvalue weighted by atomic mass is 35.5. The first-order valence-corrected chi connectivity index (χ1v) is 10.1. The Hall–Kier alpha value is -1.01. The van der Waals surface area contributed by atoms with Crippen molar-refractivity contribution in [1.29, 1.82) is 0 Å². The van der Waals surface area contributed by atoms with Crippen molar-refractivity contribution in [2.75, 3.05) is 39.8 Å². The van der Waals surface area contributed by atoms with E-state index in [2.05, 4.69) is 27.7 Å². The van der Waals surface area contributed by atoms with Gasteiger partial charge in [-0.25, -0.2) is 0 Å². The van der Waals surface area contributed by atoms with Gasteiger partial charge in [-0.1, -0.05) is 24.6 Å². The van der Waals surface area contributed by atoms with Crippen LogP contribution in [0.4, 0.5) is 0 Å². The summed E-state index contributed by atoms with van der Waals surface area (Å²) in [6, 6.07) is 8.40. The lowest BCUT2D eigenvalue weighted by atomic mass is 10.00. The molecule has 0 aliphatic carbocycles. The molecule has 2 saturated heterocycles. The van der Waals surface area contributed by atoms with E-state index in [1.54, 1.807) is 7.11 Å². The topological polar surface area (TPSA) is 53.6 Å².